The van der Waals surface area contributed by atoms with Crippen LogP contribution in [0.2, 0.25) is 0 Å². The van der Waals surface area contributed by atoms with E-state index in [4.69, 9.17) is 10.5 Å². The van der Waals surface area contributed by atoms with Crippen LogP contribution in [-0.4, -0.2) is 35.1 Å². The van der Waals surface area contributed by atoms with E-state index >= 15 is 0 Å². The van der Waals surface area contributed by atoms with Gasteiger partial charge < -0.3 is 15.6 Å². The molecule has 0 spiro atoms. The van der Waals surface area contributed by atoms with E-state index in [1.165, 1.54) is 12.3 Å². The number of carbonyl (C=O) groups excluding carboxylic acids is 2. The summed E-state index contributed by atoms with van der Waals surface area (Å²) in [5.41, 5.74) is 4.84. The van der Waals surface area contributed by atoms with Gasteiger partial charge in [0.2, 0.25) is 5.91 Å². The zero-order chi connectivity index (χ0) is 15.7. The SMILES string of the molecule is CCCCCCOc1ccnc(C(=O)NC(=O)CN)c1O. The van der Waals surface area contributed by atoms with Crippen molar-refractivity contribution in [1.29, 1.82) is 0 Å². The molecule has 0 unspecified atom stereocenters. The average Bonchev–Trinajstić information content (AvgIpc) is 2.48. The van der Waals surface area contributed by atoms with Crippen LogP contribution in [0.1, 0.15) is 43.1 Å². The number of ether oxygens (including phenoxy) is 1. The summed E-state index contributed by atoms with van der Waals surface area (Å²) in [4.78, 5) is 26.6. The Balaban J connectivity index is 2.65. The first-order chi connectivity index (χ1) is 10.1. The fourth-order valence-electron chi connectivity index (χ4n) is 1.67. The monoisotopic (exact) mass is 295 g/mol. The first-order valence-electron chi connectivity index (χ1n) is 6.95. The zero-order valence-corrected chi connectivity index (χ0v) is 12.1. The standard InChI is InChI=1S/C14H21N3O4/c1-2-3-4-5-8-21-10-6-7-16-12(13(10)19)14(20)17-11(18)9-15/h6-7,19H,2-5,8-9,15H2,1H3,(H,17,18,20). The Morgan fingerprint density at radius 1 is 1.38 bits per heavy atom. The number of amides is 2. The molecule has 0 saturated heterocycles. The summed E-state index contributed by atoms with van der Waals surface area (Å²) in [5, 5.41) is 12.0. The van der Waals surface area contributed by atoms with Gasteiger partial charge in [-0.2, -0.15) is 0 Å². The number of nitrogens with zero attached hydrogens (tertiary/aromatic N) is 1. The number of hydrogen-bond donors (Lipinski definition) is 3. The third-order valence-corrected chi connectivity index (χ3v) is 2.80. The molecule has 7 nitrogen and oxygen atoms in total. The van der Waals surface area contributed by atoms with Crippen molar-refractivity contribution in [2.75, 3.05) is 13.2 Å². The minimum Gasteiger partial charge on any atom is -0.503 e. The Kier molecular flexibility index (Phi) is 7.17. The Morgan fingerprint density at radius 3 is 2.81 bits per heavy atom. The smallest absolute Gasteiger partial charge is 0.280 e. The van der Waals surface area contributed by atoms with E-state index in [2.05, 4.69) is 11.9 Å². The van der Waals surface area contributed by atoms with Crippen molar-refractivity contribution >= 4 is 11.8 Å². The Morgan fingerprint density at radius 2 is 2.14 bits per heavy atom. The molecule has 0 fully saturated rings. The molecule has 0 saturated carbocycles. The van der Waals surface area contributed by atoms with Crippen LogP contribution in [0.5, 0.6) is 11.5 Å². The first kappa shape index (κ1) is 16.9. The van der Waals surface area contributed by atoms with Gasteiger partial charge in [0.05, 0.1) is 13.2 Å². The van der Waals surface area contributed by atoms with Crippen molar-refractivity contribution in [3.05, 3.63) is 18.0 Å². The number of hydrogen-bond acceptors (Lipinski definition) is 6. The lowest BCUT2D eigenvalue weighted by Crippen LogP contribution is -2.35. The molecule has 1 rings (SSSR count). The maximum absolute atomic E-state index is 11.7. The van der Waals surface area contributed by atoms with E-state index in [0.29, 0.717) is 6.61 Å². The van der Waals surface area contributed by atoms with Gasteiger partial charge in [-0.3, -0.25) is 14.9 Å². The normalized spacial score (nSPS) is 10.2. The molecular formula is C14H21N3O4. The molecule has 0 atom stereocenters. The molecule has 0 aliphatic rings. The first-order valence-corrected chi connectivity index (χ1v) is 6.95. The molecule has 0 aliphatic carbocycles. The lowest BCUT2D eigenvalue weighted by atomic mass is 10.2. The molecular weight excluding hydrogens is 274 g/mol. The number of unbranched alkanes of at least 4 members (excludes halogenated alkanes) is 3. The van der Waals surface area contributed by atoms with Crippen molar-refractivity contribution in [2.45, 2.75) is 32.6 Å². The van der Waals surface area contributed by atoms with E-state index in [0.717, 1.165) is 25.7 Å². The molecule has 2 amide bonds. The maximum Gasteiger partial charge on any atom is 0.280 e. The van der Waals surface area contributed by atoms with Gasteiger partial charge in [0.15, 0.2) is 17.2 Å². The van der Waals surface area contributed by atoms with Gasteiger partial charge in [0.25, 0.3) is 5.91 Å². The minimum absolute atomic E-state index is 0.173. The van der Waals surface area contributed by atoms with Gasteiger partial charge >= 0.3 is 0 Å². The van der Waals surface area contributed by atoms with Gasteiger partial charge in [-0.25, -0.2) is 4.98 Å². The van der Waals surface area contributed by atoms with Gasteiger partial charge in [-0.05, 0) is 6.42 Å². The highest BCUT2D eigenvalue weighted by Gasteiger charge is 2.18. The van der Waals surface area contributed by atoms with E-state index in [9.17, 15) is 14.7 Å². The number of nitrogens with one attached hydrogen (secondary N) is 1. The van der Waals surface area contributed by atoms with Crippen molar-refractivity contribution in [3.63, 3.8) is 0 Å². The lowest BCUT2D eigenvalue weighted by Gasteiger charge is -2.10. The van der Waals surface area contributed by atoms with E-state index in [1.54, 1.807) is 0 Å². The minimum atomic E-state index is -0.806. The second kappa shape index (κ2) is 8.91. The predicted octanol–water partition coefficient (Wildman–Crippen LogP) is 0.961. The summed E-state index contributed by atoms with van der Waals surface area (Å²) in [6.45, 7) is 2.24. The predicted molar refractivity (Wildman–Crippen MR) is 77.1 cm³/mol. The molecule has 0 radical (unpaired) electrons. The Bertz CT molecular complexity index is 491. The van der Waals surface area contributed by atoms with Gasteiger partial charge in [0, 0.05) is 12.3 Å². The number of rotatable bonds is 8. The Labute approximate surface area is 123 Å². The van der Waals surface area contributed by atoms with Gasteiger partial charge in [-0.1, -0.05) is 26.2 Å². The topological polar surface area (TPSA) is 115 Å². The summed E-state index contributed by atoms with van der Waals surface area (Å²) in [6.07, 6.45) is 5.49. The van der Waals surface area contributed by atoms with Crippen LogP contribution < -0.4 is 15.8 Å². The molecule has 1 aromatic heterocycles. The van der Waals surface area contributed by atoms with Crippen LogP contribution in [0.3, 0.4) is 0 Å². The van der Waals surface area contributed by atoms with Crippen molar-refractivity contribution in [1.82, 2.24) is 10.3 Å². The largest absolute Gasteiger partial charge is 0.503 e. The highest BCUT2D eigenvalue weighted by Crippen LogP contribution is 2.28. The summed E-state index contributed by atoms with van der Waals surface area (Å²) >= 11 is 0. The second-order valence-corrected chi connectivity index (χ2v) is 4.50. The average molecular weight is 295 g/mol. The third kappa shape index (κ3) is 5.39. The van der Waals surface area contributed by atoms with Crippen molar-refractivity contribution < 1.29 is 19.4 Å². The van der Waals surface area contributed by atoms with E-state index in [1.807, 2.05) is 5.32 Å². The number of imide groups is 1. The fourth-order valence-corrected chi connectivity index (χ4v) is 1.67. The molecule has 1 heterocycles. The highest BCUT2D eigenvalue weighted by atomic mass is 16.5. The van der Waals surface area contributed by atoms with Crippen LogP contribution in [0.25, 0.3) is 0 Å². The molecule has 7 heteroatoms. The van der Waals surface area contributed by atoms with Crippen molar-refractivity contribution in [3.8, 4) is 11.5 Å². The van der Waals surface area contributed by atoms with Crippen LogP contribution in [0.15, 0.2) is 12.3 Å². The van der Waals surface area contributed by atoms with Crippen LogP contribution in [0, 0.1) is 0 Å². The fraction of sp³-hybridized carbons (Fsp3) is 0.500. The number of nitrogens with two attached hydrogens (primary N) is 1. The molecule has 0 aliphatic heterocycles. The summed E-state index contributed by atoms with van der Waals surface area (Å²) in [5.74, 6) is -1.66. The van der Waals surface area contributed by atoms with Gasteiger partial charge in [-0.15, -0.1) is 0 Å². The van der Waals surface area contributed by atoms with Crippen LogP contribution in [-0.2, 0) is 4.79 Å². The van der Waals surface area contributed by atoms with Crippen molar-refractivity contribution in [2.24, 2.45) is 5.73 Å². The number of carbonyl (C=O) groups is 2. The summed E-state index contributed by atoms with van der Waals surface area (Å²) in [6, 6.07) is 1.47. The van der Waals surface area contributed by atoms with Crippen LogP contribution in [0.4, 0.5) is 0 Å². The quantitative estimate of drug-likeness (QED) is 0.615. The summed E-state index contributed by atoms with van der Waals surface area (Å²) in [7, 11) is 0. The zero-order valence-electron chi connectivity index (χ0n) is 12.1. The van der Waals surface area contributed by atoms with Gasteiger partial charge in [0.1, 0.15) is 0 Å². The number of aromatic hydroxyl groups is 1. The van der Waals surface area contributed by atoms with E-state index in [-0.39, 0.29) is 23.7 Å². The highest BCUT2D eigenvalue weighted by molar-refractivity contribution is 6.05. The van der Waals surface area contributed by atoms with Crippen LogP contribution >= 0.6 is 0 Å². The summed E-state index contributed by atoms with van der Waals surface area (Å²) < 4.78 is 5.43. The molecule has 21 heavy (non-hydrogen) atoms. The molecule has 1 aromatic rings. The maximum atomic E-state index is 11.7. The molecule has 0 bridgehead atoms. The third-order valence-electron chi connectivity index (χ3n) is 2.80. The molecule has 4 N–H and O–H groups in total. The second-order valence-electron chi connectivity index (χ2n) is 4.50. The Hall–Kier alpha value is -2.15. The molecule has 0 aromatic carbocycles. The number of aromatic nitrogens is 1. The number of pyridine rings is 1. The lowest BCUT2D eigenvalue weighted by molar-refractivity contribution is -0.118. The van der Waals surface area contributed by atoms with E-state index < -0.39 is 11.8 Å². The molecule has 116 valence electrons.